The fourth-order valence-electron chi connectivity index (χ4n) is 5.25. The minimum Gasteiger partial charge on any atom is -0.490 e. The van der Waals surface area contributed by atoms with Gasteiger partial charge < -0.3 is 14.4 Å². The van der Waals surface area contributed by atoms with E-state index in [9.17, 15) is 14.0 Å². The lowest BCUT2D eigenvalue weighted by molar-refractivity contribution is 0.0359. The fourth-order valence-corrected chi connectivity index (χ4v) is 6.14. The van der Waals surface area contributed by atoms with Gasteiger partial charge in [0, 0.05) is 41.1 Å². The topological polar surface area (TPSA) is 55.8 Å². The summed E-state index contributed by atoms with van der Waals surface area (Å²) in [4.78, 5) is 28.2. The number of carbonyl (C=O) groups is 2. The van der Waals surface area contributed by atoms with Gasteiger partial charge in [-0.25, -0.2) is 9.18 Å². The third-order valence-electron chi connectivity index (χ3n) is 7.00. The molecule has 5 rings (SSSR count). The van der Waals surface area contributed by atoms with Gasteiger partial charge in [0.2, 0.25) is 0 Å². The molecular weight excluding hydrogens is 489 g/mol. The van der Waals surface area contributed by atoms with E-state index in [4.69, 9.17) is 9.47 Å². The van der Waals surface area contributed by atoms with Crippen molar-refractivity contribution in [1.29, 1.82) is 0 Å². The summed E-state index contributed by atoms with van der Waals surface area (Å²) in [6.07, 6.45) is 3.60. The summed E-state index contributed by atoms with van der Waals surface area (Å²) in [6, 6.07) is 21.7. The van der Waals surface area contributed by atoms with Gasteiger partial charge in [-0.2, -0.15) is 0 Å². The highest BCUT2D eigenvalue weighted by Gasteiger charge is 2.44. The largest absolute Gasteiger partial charge is 0.490 e. The van der Waals surface area contributed by atoms with E-state index < -0.39 is 0 Å². The van der Waals surface area contributed by atoms with Crippen LogP contribution in [0.5, 0.6) is 5.75 Å². The Kier molecular flexibility index (Phi) is 7.79. The van der Waals surface area contributed by atoms with Crippen LogP contribution >= 0.6 is 11.8 Å². The smallest absolute Gasteiger partial charge is 0.338 e. The lowest BCUT2D eigenvalue weighted by atomic mass is 9.98. The molecule has 2 aliphatic heterocycles. The number of thioether (sulfide) groups is 1. The first-order chi connectivity index (χ1) is 18.0. The normalized spacial score (nSPS) is 20.5. The van der Waals surface area contributed by atoms with E-state index in [1.165, 1.54) is 12.1 Å². The lowest BCUT2D eigenvalue weighted by Gasteiger charge is -2.39. The summed E-state index contributed by atoms with van der Waals surface area (Å²) >= 11 is 1.57. The van der Waals surface area contributed by atoms with Crippen molar-refractivity contribution in [2.24, 2.45) is 0 Å². The summed E-state index contributed by atoms with van der Waals surface area (Å²) in [5.74, 6) is 0.948. The van der Waals surface area contributed by atoms with Crippen LogP contribution in [0.3, 0.4) is 0 Å². The Bertz CT molecular complexity index is 1230. The van der Waals surface area contributed by atoms with E-state index in [0.29, 0.717) is 23.5 Å². The zero-order chi connectivity index (χ0) is 25.8. The molecule has 0 aromatic heterocycles. The maximum Gasteiger partial charge on any atom is 0.338 e. The average molecular weight is 520 g/mol. The quantitative estimate of drug-likeness (QED) is 0.251. The second-order valence-electron chi connectivity index (χ2n) is 9.50. The van der Waals surface area contributed by atoms with Crippen molar-refractivity contribution in [3.63, 3.8) is 0 Å². The first-order valence-corrected chi connectivity index (χ1v) is 13.7. The van der Waals surface area contributed by atoms with Gasteiger partial charge in [-0.15, -0.1) is 11.8 Å². The third kappa shape index (κ3) is 5.99. The van der Waals surface area contributed by atoms with Gasteiger partial charge in [0.1, 0.15) is 17.7 Å². The molecule has 0 aliphatic carbocycles. The van der Waals surface area contributed by atoms with Crippen molar-refractivity contribution in [3.8, 4) is 5.75 Å². The molecule has 2 aliphatic rings. The molecular formula is C30H30FNO4S. The molecule has 1 amide bonds. The molecule has 7 heteroatoms. The van der Waals surface area contributed by atoms with E-state index in [-0.39, 0.29) is 35.9 Å². The number of hydrogen-bond acceptors (Lipinski definition) is 5. The molecule has 0 N–H and O–H groups in total. The standard InChI is InChI=1S/C30H30FNO4S/c1-2-35-30(34)22-10-14-26(15-11-22)36-27-17-24-12-13-25(18-27)32(24)29(33)21-8-6-20(7-9-21)19-37-28-5-3-4-23(31)16-28/h3-11,14-16,24-25,27H,2,12-13,17-19H2,1H3/t24-,25+,27?. The molecule has 5 nitrogen and oxygen atoms in total. The molecule has 2 fully saturated rings. The minimum absolute atomic E-state index is 0.0391. The molecule has 2 heterocycles. The van der Waals surface area contributed by atoms with Crippen LogP contribution in [0.2, 0.25) is 0 Å². The predicted molar refractivity (Wildman–Crippen MR) is 141 cm³/mol. The van der Waals surface area contributed by atoms with Crippen molar-refractivity contribution < 1.29 is 23.5 Å². The summed E-state index contributed by atoms with van der Waals surface area (Å²) in [7, 11) is 0. The zero-order valence-electron chi connectivity index (χ0n) is 20.8. The SMILES string of the molecule is CCOC(=O)c1ccc(OC2C[C@H]3CC[C@@H](C2)N3C(=O)c2ccc(CSc3cccc(F)c3)cc2)cc1. The molecule has 0 spiro atoms. The molecule has 3 atom stereocenters. The number of esters is 1. The second-order valence-corrected chi connectivity index (χ2v) is 10.5. The van der Waals surface area contributed by atoms with Gasteiger partial charge in [0.05, 0.1) is 12.2 Å². The number of rotatable bonds is 8. The number of benzene rings is 3. The summed E-state index contributed by atoms with van der Waals surface area (Å²) in [6.45, 7) is 2.13. The predicted octanol–water partition coefficient (Wildman–Crippen LogP) is 6.51. The number of nitrogens with zero attached hydrogens (tertiary/aromatic N) is 1. The Morgan fingerprint density at radius 3 is 2.27 bits per heavy atom. The van der Waals surface area contributed by atoms with Crippen molar-refractivity contribution in [3.05, 3.63) is 95.3 Å². The van der Waals surface area contributed by atoms with Gasteiger partial charge in [-0.05, 0) is 79.9 Å². The maximum absolute atomic E-state index is 13.4. The molecule has 192 valence electrons. The number of ether oxygens (including phenoxy) is 2. The van der Waals surface area contributed by atoms with E-state index in [1.54, 1.807) is 49.0 Å². The van der Waals surface area contributed by atoms with Gasteiger partial charge in [-0.1, -0.05) is 18.2 Å². The van der Waals surface area contributed by atoms with Crippen molar-refractivity contribution in [1.82, 2.24) is 4.90 Å². The summed E-state index contributed by atoms with van der Waals surface area (Å²) < 4.78 is 24.7. The number of hydrogen-bond donors (Lipinski definition) is 0. The molecule has 2 saturated heterocycles. The summed E-state index contributed by atoms with van der Waals surface area (Å²) in [5, 5.41) is 0. The molecule has 2 bridgehead atoms. The Hall–Kier alpha value is -3.32. The zero-order valence-corrected chi connectivity index (χ0v) is 21.6. The molecule has 0 radical (unpaired) electrons. The van der Waals surface area contributed by atoms with E-state index in [0.717, 1.165) is 41.9 Å². The molecule has 0 saturated carbocycles. The maximum atomic E-state index is 13.4. The molecule has 1 unspecified atom stereocenters. The van der Waals surface area contributed by atoms with Crippen LogP contribution in [0, 0.1) is 5.82 Å². The second kappa shape index (κ2) is 11.4. The van der Waals surface area contributed by atoms with Crippen LogP contribution in [0.4, 0.5) is 4.39 Å². The molecule has 3 aromatic rings. The third-order valence-corrected chi connectivity index (χ3v) is 8.06. The highest BCUT2D eigenvalue weighted by Crippen LogP contribution is 2.38. The Balaban J connectivity index is 1.16. The van der Waals surface area contributed by atoms with E-state index in [2.05, 4.69) is 4.90 Å². The molecule has 3 aromatic carbocycles. The highest BCUT2D eigenvalue weighted by molar-refractivity contribution is 7.98. The van der Waals surface area contributed by atoms with Crippen molar-refractivity contribution >= 4 is 23.6 Å². The van der Waals surface area contributed by atoms with Crippen molar-refractivity contribution in [2.45, 2.75) is 61.4 Å². The van der Waals surface area contributed by atoms with Crippen LogP contribution in [-0.4, -0.2) is 41.6 Å². The first kappa shape index (κ1) is 25.3. The number of halogens is 1. The van der Waals surface area contributed by atoms with Crippen LogP contribution in [0.25, 0.3) is 0 Å². The van der Waals surface area contributed by atoms with Crippen LogP contribution in [-0.2, 0) is 10.5 Å². The minimum atomic E-state index is -0.336. The lowest BCUT2D eigenvalue weighted by Crippen LogP contribution is -2.49. The fraction of sp³-hybridized carbons (Fsp3) is 0.333. The van der Waals surface area contributed by atoms with Gasteiger partial charge in [-0.3, -0.25) is 4.79 Å². The van der Waals surface area contributed by atoms with Crippen LogP contribution in [0.15, 0.2) is 77.7 Å². The van der Waals surface area contributed by atoms with Crippen molar-refractivity contribution in [2.75, 3.05) is 6.61 Å². The van der Waals surface area contributed by atoms with Gasteiger partial charge in [0.15, 0.2) is 0 Å². The van der Waals surface area contributed by atoms with Crippen LogP contribution < -0.4 is 4.74 Å². The average Bonchev–Trinajstić information content (AvgIpc) is 3.18. The van der Waals surface area contributed by atoms with E-state index >= 15 is 0 Å². The number of piperidine rings is 1. The van der Waals surface area contributed by atoms with Crippen LogP contribution in [0.1, 0.15) is 58.9 Å². The Morgan fingerprint density at radius 2 is 1.62 bits per heavy atom. The van der Waals surface area contributed by atoms with E-state index in [1.807, 2.05) is 30.3 Å². The Morgan fingerprint density at radius 1 is 0.946 bits per heavy atom. The van der Waals surface area contributed by atoms with Gasteiger partial charge in [0.25, 0.3) is 5.91 Å². The Labute approximate surface area is 221 Å². The monoisotopic (exact) mass is 519 g/mol. The molecule has 37 heavy (non-hydrogen) atoms. The highest BCUT2D eigenvalue weighted by atomic mass is 32.2. The number of amides is 1. The first-order valence-electron chi connectivity index (χ1n) is 12.7. The number of fused-ring (bicyclic) bond motifs is 2. The van der Waals surface area contributed by atoms with Gasteiger partial charge >= 0.3 is 5.97 Å². The summed E-state index contributed by atoms with van der Waals surface area (Å²) in [5.41, 5.74) is 2.30. The number of carbonyl (C=O) groups excluding carboxylic acids is 2.